The molecule has 9 heteroatoms. The third kappa shape index (κ3) is 3.71. The Kier molecular flexibility index (Phi) is 5.24. The van der Waals surface area contributed by atoms with Crippen LogP contribution in [0.15, 0.2) is 22.7 Å². The van der Waals surface area contributed by atoms with E-state index in [-0.39, 0.29) is 18.3 Å². The molecule has 1 aromatic heterocycles. The molecule has 26 heavy (non-hydrogen) atoms. The van der Waals surface area contributed by atoms with Crippen LogP contribution in [0, 0.1) is 11.6 Å². The van der Waals surface area contributed by atoms with Crippen LogP contribution in [0.1, 0.15) is 31.6 Å². The Morgan fingerprint density at radius 3 is 2.65 bits per heavy atom. The summed E-state index contributed by atoms with van der Waals surface area (Å²) in [6.07, 6.45) is 1.09. The summed E-state index contributed by atoms with van der Waals surface area (Å²) >= 11 is 0. The van der Waals surface area contributed by atoms with Gasteiger partial charge in [0.25, 0.3) is 0 Å². The minimum absolute atomic E-state index is 0.0761. The van der Waals surface area contributed by atoms with Crippen molar-refractivity contribution in [2.45, 2.75) is 25.7 Å². The van der Waals surface area contributed by atoms with Crippen LogP contribution in [-0.4, -0.2) is 46.6 Å². The summed E-state index contributed by atoms with van der Waals surface area (Å²) in [5, 5.41) is 3.81. The number of likely N-dealkylation sites (tertiary alicyclic amines) is 1. The molecule has 138 valence electrons. The number of esters is 1. The second-order valence-corrected chi connectivity index (χ2v) is 5.87. The largest absolute Gasteiger partial charge is 0.459 e. The van der Waals surface area contributed by atoms with Gasteiger partial charge in [-0.3, -0.25) is 4.79 Å². The SMILES string of the molecule is CCOC(=O)C(=O)N1CCC(c2nc(-c3ccc(F)c(F)c3)no2)CC1. The van der Waals surface area contributed by atoms with Crippen molar-refractivity contribution in [3.05, 3.63) is 35.7 Å². The van der Waals surface area contributed by atoms with Crippen LogP contribution in [0.2, 0.25) is 0 Å². The molecule has 0 radical (unpaired) electrons. The molecule has 1 aromatic carbocycles. The quantitative estimate of drug-likeness (QED) is 0.613. The number of carbonyl (C=O) groups is 2. The lowest BCUT2D eigenvalue weighted by molar-refractivity contribution is -0.160. The van der Waals surface area contributed by atoms with E-state index in [1.165, 1.54) is 11.0 Å². The molecule has 0 bridgehead atoms. The molecule has 1 aliphatic rings. The summed E-state index contributed by atoms with van der Waals surface area (Å²) in [6, 6.07) is 3.37. The average molecular weight is 365 g/mol. The van der Waals surface area contributed by atoms with Crippen LogP contribution in [-0.2, 0) is 14.3 Å². The highest BCUT2D eigenvalue weighted by Gasteiger charge is 2.31. The van der Waals surface area contributed by atoms with E-state index in [1.54, 1.807) is 6.92 Å². The molecule has 0 atom stereocenters. The molecule has 0 unspecified atom stereocenters. The first-order chi connectivity index (χ1) is 12.5. The van der Waals surface area contributed by atoms with Crippen molar-refractivity contribution in [2.75, 3.05) is 19.7 Å². The third-order valence-corrected chi connectivity index (χ3v) is 4.20. The van der Waals surface area contributed by atoms with E-state index in [9.17, 15) is 18.4 Å². The number of hydrogen-bond acceptors (Lipinski definition) is 6. The van der Waals surface area contributed by atoms with Crippen molar-refractivity contribution in [3.63, 3.8) is 0 Å². The van der Waals surface area contributed by atoms with Gasteiger partial charge in [0.05, 0.1) is 6.61 Å². The summed E-state index contributed by atoms with van der Waals surface area (Å²) in [5.74, 6) is -2.98. The Morgan fingerprint density at radius 1 is 1.27 bits per heavy atom. The van der Waals surface area contributed by atoms with Crippen LogP contribution in [0.5, 0.6) is 0 Å². The van der Waals surface area contributed by atoms with E-state index < -0.39 is 23.5 Å². The number of hydrogen-bond donors (Lipinski definition) is 0. The standard InChI is InChI=1S/C17H17F2N3O4/c1-2-25-17(24)16(23)22-7-5-10(6-8-22)15-20-14(21-26-15)11-3-4-12(18)13(19)9-11/h3-4,9-10H,2,5-8H2,1H3. The molecule has 1 aliphatic heterocycles. The van der Waals surface area contributed by atoms with Crippen molar-refractivity contribution in [1.82, 2.24) is 15.0 Å². The number of amides is 1. The second-order valence-electron chi connectivity index (χ2n) is 5.87. The Hall–Kier alpha value is -2.84. The average Bonchev–Trinajstić information content (AvgIpc) is 3.14. The van der Waals surface area contributed by atoms with Crippen molar-refractivity contribution < 1.29 is 27.6 Å². The highest BCUT2D eigenvalue weighted by molar-refractivity contribution is 6.32. The molecular formula is C17H17F2N3O4. The van der Waals surface area contributed by atoms with Crippen LogP contribution < -0.4 is 0 Å². The molecule has 1 fully saturated rings. The Labute approximate surface area is 147 Å². The van der Waals surface area contributed by atoms with Gasteiger partial charge in [-0.25, -0.2) is 13.6 Å². The minimum Gasteiger partial charge on any atom is -0.459 e. The zero-order valence-electron chi connectivity index (χ0n) is 14.1. The van der Waals surface area contributed by atoms with Crippen molar-refractivity contribution in [1.29, 1.82) is 0 Å². The number of halogens is 2. The van der Waals surface area contributed by atoms with Crippen molar-refractivity contribution in [3.8, 4) is 11.4 Å². The second kappa shape index (κ2) is 7.59. The van der Waals surface area contributed by atoms with Gasteiger partial charge < -0.3 is 14.2 Å². The van der Waals surface area contributed by atoms with Gasteiger partial charge >= 0.3 is 11.9 Å². The lowest BCUT2D eigenvalue weighted by Gasteiger charge is -2.29. The van der Waals surface area contributed by atoms with E-state index >= 15 is 0 Å². The molecule has 0 aliphatic carbocycles. The van der Waals surface area contributed by atoms with Crippen molar-refractivity contribution in [2.24, 2.45) is 0 Å². The monoisotopic (exact) mass is 365 g/mol. The normalized spacial score (nSPS) is 15.1. The lowest BCUT2D eigenvalue weighted by atomic mass is 9.96. The van der Waals surface area contributed by atoms with E-state index in [2.05, 4.69) is 10.1 Å². The van der Waals surface area contributed by atoms with E-state index in [0.717, 1.165) is 12.1 Å². The van der Waals surface area contributed by atoms with Crippen LogP contribution in [0.3, 0.4) is 0 Å². The molecular weight excluding hydrogens is 348 g/mol. The maximum absolute atomic E-state index is 13.3. The smallest absolute Gasteiger partial charge is 0.397 e. The summed E-state index contributed by atoms with van der Waals surface area (Å²) in [6.45, 7) is 2.52. The predicted molar refractivity (Wildman–Crippen MR) is 84.8 cm³/mol. The van der Waals surface area contributed by atoms with Crippen LogP contribution in [0.25, 0.3) is 11.4 Å². The first-order valence-corrected chi connectivity index (χ1v) is 8.24. The Bertz CT molecular complexity index is 816. The lowest BCUT2D eigenvalue weighted by Crippen LogP contribution is -2.42. The van der Waals surface area contributed by atoms with Gasteiger partial charge in [0.2, 0.25) is 11.7 Å². The van der Waals surface area contributed by atoms with E-state index in [0.29, 0.717) is 37.4 Å². The molecule has 2 heterocycles. The predicted octanol–water partition coefficient (Wildman–Crippen LogP) is 2.28. The molecule has 1 saturated heterocycles. The fraction of sp³-hybridized carbons (Fsp3) is 0.412. The molecule has 7 nitrogen and oxygen atoms in total. The van der Waals surface area contributed by atoms with Gasteiger partial charge in [-0.2, -0.15) is 4.98 Å². The van der Waals surface area contributed by atoms with Gasteiger partial charge in [-0.15, -0.1) is 0 Å². The summed E-state index contributed by atoms with van der Waals surface area (Å²) in [5.41, 5.74) is 0.314. The summed E-state index contributed by atoms with van der Waals surface area (Å²) in [4.78, 5) is 29.1. The summed E-state index contributed by atoms with van der Waals surface area (Å²) in [7, 11) is 0. The topological polar surface area (TPSA) is 85.5 Å². The number of nitrogens with zero attached hydrogens (tertiary/aromatic N) is 3. The first-order valence-electron chi connectivity index (χ1n) is 8.24. The van der Waals surface area contributed by atoms with Gasteiger partial charge in [0.1, 0.15) is 0 Å². The van der Waals surface area contributed by atoms with Gasteiger partial charge in [-0.1, -0.05) is 5.16 Å². The molecule has 3 rings (SSSR count). The number of rotatable bonds is 3. The van der Waals surface area contributed by atoms with Gasteiger partial charge in [0, 0.05) is 24.6 Å². The zero-order valence-corrected chi connectivity index (χ0v) is 14.1. The fourth-order valence-electron chi connectivity index (χ4n) is 2.80. The third-order valence-electron chi connectivity index (χ3n) is 4.20. The maximum atomic E-state index is 13.3. The fourth-order valence-corrected chi connectivity index (χ4v) is 2.80. The van der Waals surface area contributed by atoms with Crippen LogP contribution in [0.4, 0.5) is 8.78 Å². The molecule has 0 saturated carbocycles. The highest BCUT2D eigenvalue weighted by Crippen LogP contribution is 2.29. The number of aromatic nitrogens is 2. The maximum Gasteiger partial charge on any atom is 0.397 e. The molecule has 0 N–H and O–H groups in total. The van der Waals surface area contributed by atoms with E-state index in [4.69, 9.17) is 9.26 Å². The van der Waals surface area contributed by atoms with Crippen LogP contribution >= 0.6 is 0 Å². The van der Waals surface area contributed by atoms with Crippen molar-refractivity contribution >= 4 is 11.9 Å². The van der Waals surface area contributed by atoms with E-state index in [1.807, 2.05) is 0 Å². The Balaban J connectivity index is 1.64. The first kappa shape index (κ1) is 18.0. The number of benzene rings is 1. The van der Waals surface area contributed by atoms with Gasteiger partial charge in [-0.05, 0) is 38.0 Å². The zero-order chi connectivity index (χ0) is 18.7. The number of piperidine rings is 1. The van der Waals surface area contributed by atoms with Gasteiger partial charge in [0.15, 0.2) is 11.6 Å². The Morgan fingerprint density at radius 2 is 2.00 bits per heavy atom. The minimum atomic E-state index is -0.986. The number of ether oxygens (including phenoxy) is 1. The molecule has 2 aromatic rings. The molecule has 0 spiro atoms. The molecule has 1 amide bonds. The highest BCUT2D eigenvalue weighted by atomic mass is 19.2. The number of carbonyl (C=O) groups excluding carboxylic acids is 2. The summed E-state index contributed by atoms with van der Waals surface area (Å²) < 4.78 is 36.3.